The lowest BCUT2D eigenvalue weighted by Gasteiger charge is -2.38. The Balaban J connectivity index is 1.85. The van der Waals surface area contributed by atoms with E-state index in [-0.39, 0.29) is 11.9 Å². The van der Waals surface area contributed by atoms with Gasteiger partial charge in [-0.1, -0.05) is 23.4 Å². The Bertz CT molecular complexity index is 693. The number of aromatic amines is 1. The highest BCUT2D eigenvalue weighted by Crippen LogP contribution is 2.35. The Labute approximate surface area is 129 Å². The molecule has 22 heavy (non-hydrogen) atoms. The number of hydrogen-bond acceptors (Lipinski definition) is 3. The number of rotatable bonds is 3. The third-order valence-electron chi connectivity index (χ3n) is 4.56. The number of carbonyl (C=O) groups is 1. The van der Waals surface area contributed by atoms with E-state index in [1.165, 1.54) is 10.9 Å². The average Bonchev–Trinajstić information content (AvgIpc) is 2.96. The minimum Gasteiger partial charge on any atom is -0.361 e. The Morgan fingerprint density at radius 1 is 1.45 bits per heavy atom. The molecule has 1 saturated heterocycles. The summed E-state index contributed by atoms with van der Waals surface area (Å²) in [6.07, 6.45) is 3.96. The first-order chi connectivity index (χ1) is 10.7. The molecule has 1 fully saturated rings. The highest BCUT2D eigenvalue weighted by molar-refractivity contribution is 5.83. The van der Waals surface area contributed by atoms with Crippen molar-refractivity contribution in [1.82, 2.24) is 9.88 Å². The van der Waals surface area contributed by atoms with Gasteiger partial charge in [-0.15, -0.1) is 0 Å². The van der Waals surface area contributed by atoms with Gasteiger partial charge in [0.1, 0.15) is 0 Å². The van der Waals surface area contributed by atoms with E-state index < -0.39 is 0 Å². The lowest BCUT2D eigenvalue weighted by molar-refractivity contribution is -0.132. The minimum absolute atomic E-state index is 0.0669. The smallest absolute Gasteiger partial charge is 0.219 e. The number of aromatic nitrogens is 1. The van der Waals surface area contributed by atoms with Crippen LogP contribution in [0.15, 0.2) is 40.8 Å². The third kappa shape index (κ3) is 2.68. The maximum Gasteiger partial charge on any atom is 0.219 e. The second-order valence-electron chi connectivity index (χ2n) is 5.82. The van der Waals surface area contributed by atoms with Crippen molar-refractivity contribution < 1.29 is 4.79 Å². The number of H-pyrrole nitrogens is 1. The van der Waals surface area contributed by atoms with Crippen LogP contribution < -0.4 is 5.84 Å². The number of piperidine rings is 1. The van der Waals surface area contributed by atoms with Gasteiger partial charge in [-0.25, -0.2) is 0 Å². The molecule has 0 spiro atoms. The van der Waals surface area contributed by atoms with Crippen LogP contribution in [-0.2, 0) is 4.79 Å². The molecular formula is C16H21N5O. The number of nitrogens with one attached hydrogen (secondary N) is 1. The summed E-state index contributed by atoms with van der Waals surface area (Å²) in [6.45, 7) is 2.83. The molecule has 2 unspecified atom stereocenters. The first-order valence-electron chi connectivity index (χ1n) is 7.60. The van der Waals surface area contributed by atoms with E-state index >= 15 is 0 Å². The van der Waals surface area contributed by atoms with Gasteiger partial charge in [0.05, 0.1) is 12.6 Å². The maximum atomic E-state index is 11.8. The molecule has 116 valence electrons. The summed E-state index contributed by atoms with van der Waals surface area (Å²) in [5, 5.41) is 8.52. The monoisotopic (exact) mass is 299 g/mol. The van der Waals surface area contributed by atoms with E-state index in [1.807, 2.05) is 11.0 Å². The van der Waals surface area contributed by atoms with Crippen LogP contribution in [0.4, 0.5) is 0 Å². The van der Waals surface area contributed by atoms with Gasteiger partial charge in [0.15, 0.2) is 0 Å². The quantitative estimate of drug-likeness (QED) is 0.518. The first kappa shape index (κ1) is 14.6. The van der Waals surface area contributed by atoms with Gasteiger partial charge in [0, 0.05) is 30.6 Å². The third-order valence-corrected chi connectivity index (χ3v) is 4.56. The number of carbonyl (C=O) groups excluding carboxylic acids is 1. The van der Waals surface area contributed by atoms with Crippen molar-refractivity contribution in [3.63, 3.8) is 0 Å². The Morgan fingerprint density at radius 3 is 3.05 bits per heavy atom. The van der Waals surface area contributed by atoms with Crippen molar-refractivity contribution in [2.45, 2.75) is 31.7 Å². The summed E-state index contributed by atoms with van der Waals surface area (Å²) >= 11 is 0. The van der Waals surface area contributed by atoms with E-state index in [4.69, 9.17) is 5.84 Å². The molecule has 0 aliphatic carbocycles. The predicted octanol–water partition coefficient (Wildman–Crippen LogP) is 2.59. The largest absolute Gasteiger partial charge is 0.361 e. The van der Waals surface area contributed by atoms with Gasteiger partial charge >= 0.3 is 0 Å². The first-order valence-corrected chi connectivity index (χ1v) is 7.60. The molecule has 3 rings (SSSR count). The van der Waals surface area contributed by atoms with Crippen molar-refractivity contribution in [2.75, 3.05) is 13.1 Å². The molecule has 1 aliphatic rings. The lowest BCUT2D eigenvalue weighted by atomic mass is 9.85. The van der Waals surface area contributed by atoms with E-state index in [1.54, 1.807) is 6.92 Å². The van der Waals surface area contributed by atoms with Gasteiger partial charge in [0.25, 0.3) is 0 Å². The number of fused-ring (bicyclic) bond motifs is 1. The van der Waals surface area contributed by atoms with Gasteiger partial charge in [-0.3, -0.25) is 4.79 Å². The van der Waals surface area contributed by atoms with Crippen LogP contribution >= 0.6 is 0 Å². The molecule has 6 nitrogen and oxygen atoms in total. The molecule has 2 aromatic rings. The normalized spacial score (nSPS) is 22.5. The molecule has 1 aromatic heterocycles. The molecule has 2 atom stereocenters. The zero-order valence-corrected chi connectivity index (χ0v) is 12.7. The SMILES string of the molecule is CC(=O)N1CCC(c2c[nH]c3ccccc23)CC1CN=NN. The highest BCUT2D eigenvalue weighted by atomic mass is 16.2. The second kappa shape index (κ2) is 6.17. The zero-order chi connectivity index (χ0) is 15.5. The fourth-order valence-electron chi connectivity index (χ4n) is 3.49. The van der Waals surface area contributed by atoms with E-state index in [0.717, 1.165) is 24.9 Å². The van der Waals surface area contributed by atoms with Crippen LogP contribution in [0.25, 0.3) is 10.9 Å². The number of hydrogen-bond donors (Lipinski definition) is 2. The molecule has 6 heteroatoms. The average molecular weight is 299 g/mol. The zero-order valence-electron chi connectivity index (χ0n) is 12.7. The Morgan fingerprint density at radius 2 is 2.27 bits per heavy atom. The number of amides is 1. The highest BCUT2D eigenvalue weighted by Gasteiger charge is 2.31. The summed E-state index contributed by atoms with van der Waals surface area (Å²) in [7, 11) is 0. The molecule has 0 bridgehead atoms. The lowest BCUT2D eigenvalue weighted by Crippen LogP contribution is -2.46. The molecule has 0 radical (unpaired) electrons. The topological polar surface area (TPSA) is 86.8 Å². The molecule has 3 N–H and O–H groups in total. The summed E-state index contributed by atoms with van der Waals surface area (Å²) in [6, 6.07) is 8.39. The van der Waals surface area contributed by atoms with Crippen molar-refractivity contribution in [1.29, 1.82) is 0 Å². The minimum atomic E-state index is 0.0669. The summed E-state index contributed by atoms with van der Waals surface area (Å²) in [5.74, 6) is 5.63. The Hall–Kier alpha value is -2.37. The summed E-state index contributed by atoms with van der Waals surface area (Å²) in [4.78, 5) is 17.0. The number of para-hydroxylation sites is 1. The maximum absolute atomic E-state index is 11.8. The van der Waals surface area contributed by atoms with Crippen LogP contribution in [0.5, 0.6) is 0 Å². The van der Waals surface area contributed by atoms with Crippen LogP contribution in [0.1, 0.15) is 31.2 Å². The summed E-state index contributed by atoms with van der Waals surface area (Å²) in [5.41, 5.74) is 2.48. The van der Waals surface area contributed by atoms with Crippen LogP contribution in [0.3, 0.4) is 0 Å². The van der Waals surface area contributed by atoms with Gasteiger partial charge in [0.2, 0.25) is 5.91 Å². The standard InChI is InChI=1S/C16H21N5O/c1-11(22)21-7-6-12(8-13(21)9-19-20-17)15-10-18-16-5-3-2-4-14(15)16/h2-5,10,12-13,18H,6-9H2,1H3,(H2,17,19). The van der Waals surface area contributed by atoms with Crippen molar-refractivity contribution in [2.24, 2.45) is 16.2 Å². The van der Waals surface area contributed by atoms with Crippen molar-refractivity contribution >= 4 is 16.8 Å². The second-order valence-corrected chi connectivity index (χ2v) is 5.82. The van der Waals surface area contributed by atoms with Gasteiger partial charge in [-0.2, -0.15) is 5.11 Å². The number of benzene rings is 1. The van der Waals surface area contributed by atoms with Crippen molar-refractivity contribution in [3.8, 4) is 0 Å². The predicted molar refractivity (Wildman–Crippen MR) is 85.4 cm³/mol. The molecule has 0 saturated carbocycles. The van der Waals surface area contributed by atoms with E-state index in [2.05, 4.69) is 39.7 Å². The number of nitrogens with two attached hydrogens (primary N) is 1. The summed E-state index contributed by atoms with van der Waals surface area (Å²) < 4.78 is 0. The molecular weight excluding hydrogens is 278 g/mol. The molecule has 1 aliphatic heterocycles. The number of likely N-dealkylation sites (tertiary alicyclic amines) is 1. The number of nitrogens with zero attached hydrogens (tertiary/aromatic N) is 3. The van der Waals surface area contributed by atoms with Gasteiger partial charge < -0.3 is 15.7 Å². The van der Waals surface area contributed by atoms with E-state index in [0.29, 0.717) is 12.5 Å². The fourth-order valence-corrected chi connectivity index (χ4v) is 3.49. The van der Waals surface area contributed by atoms with Crippen molar-refractivity contribution in [3.05, 3.63) is 36.0 Å². The molecule has 2 heterocycles. The van der Waals surface area contributed by atoms with E-state index in [9.17, 15) is 4.79 Å². The van der Waals surface area contributed by atoms with Crippen LogP contribution in [0.2, 0.25) is 0 Å². The van der Waals surface area contributed by atoms with Gasteiger partial charge in [-0.05, 0) is 30.4 Å². The van der Waals surface area contributed by atoms with Crippen LogP contribution in [-0.4, -0.2) is 34.9 Å². The molecule has 1 aromatic carbocycles. The Kier molecular flexibility index (Phi) is 4.09. The van der Waals surface area contributed by atoms with Crippen LogP contribution in [0, 0.1) is 0 Å². The fraction of sp³-hybridized carbons (Fsp3) is 0.438. The molecule has 1 amide bonds.